The average Bonchev–Trinajstić information content (AvgIpc) is 3.10. The van der Waals surface area contributed by atoms with Gasteiger partial charge in [0.25, 0.3) is 0 Å². The van der Waals surface area contributed by atoms with Crippen molar-refractivity contribution in [2.24, 2.45) is 0 Å². The van der Waals surface area contributed by atoms with E-state index in [1.165, 1.54) is 14.2 Å². The molecule has 0 atom stereocenters. The molecule has 0 bridgehead atoms. The van der Waals surface area contributed by atoms with Gasteiger partial charge in [-0.05, 0) is 16.7 Å². The molecule has 46 heavy (non-hydrogen) atoms. The van der Waals surface area contributed by atoms with E-state index in [0.717, 1.165) is 16.7 Å². The molecule has 5 rings (SSSR count). The molecule has 0 heterocycles. The van der Waals surface area contributed by atoms with E-state index in [4.69, 9.17) is 28.4 Å². The largest absolute Gasteiger partial charge is 1.00 e. The third-order valence-electron chi connectivity index (χ3n) is 6.88. The van der Waals surface area contributed by atoms with Gasteiger partial charge in [0, 0.05) is 29.8 Å². The van der Waals surface area contributed by atoms with E-state index < -0.39 is 0 Å². The Labute approximate surface area is 283 Å². The Morgan fingerprint density at radius 3 is 1.30 bits per heavy atom. The zero-order chi connectivity index (χ0) is 31.4. The van der Waals surface area contributed by atoms with Gasteiger partial charge in [-0.25, -0.2) is 0 Å². The molecule has 7 nitrogen and oxygen atoms in total. The molecule has 0 saturated carbocycles. The number of ether oxygens (including phenoxy) is 6. The van der Waals surface area contributed by atoms with Crippen molar-refractivity contribution >= 4 is 19.4 Å². The summed E-state index contributed by atoms with van der Waals surface area (Å²) in [6.45, 7) is 0.924. The average molecular weight is 629 g/mol. The van der Waals surface area contributed by atoms with E-state index in [9.17, 15) is 4.79 Å². The van der Waals surface area contributed by atoms with Gasteiger partial charge in [-0.3, -0.25) is 0 Å². The van der Waals surface area contributed by atoms with Crippen LogP contribution >= 0.6 is 8.58 Å². The molecule has 0 aliphatic rings. The van der Waals surface area contributed by atoms with Crippen LogP contribution < -0.4 is 52.6 Å². The second-order valence-corrected chi connectivity index (χ2v) is 11.0. The molecule has 0 spiro atoms. The Kier molecular flexibility index (Phi) is 13.0. The van der Waals surface area contributed by atoms with Crippen molar-refractivity contribution in [3.8, 4) is 34.5 Å². The van der Waals surface area contributed by atoms with E-state index in [-0.39, 0.29) is 43.2 Å². The van der Waals surface area contributed by atoms with Crippen molar-refractivity contribution in [1.82, 2.24) is 0 Å². The summed E-state index contributed by atoms with van der Waals surface area (Å²) in [6, 6.07) is 36.5. The van der Waals surface area contributed by atoms with E-state index >= 15 is 0 Å². The van der Waals surface area contributed by atoms with Crippen LogP contribution in [0.15, 0.2) is 115 Å². The van der Waals surface area contributed by atoms with Crippen LogP contribution in [-0.4, -0.2) is 26.9 Å². The van der Waals surface area contributed by atoms with Crippen molar-refractivity contribution in [3.05, 3.63) is 138 Å². The van der Waals surface area contributed by atoms with Crippen LogP contribution in [0.1, 0.15) is 27.0 Å². The van der Waals surface area contributed by atoms with Crippen molar-refractivity contribution in [2.45, 2.75) is 19.8 Å². The molecule has 9 heteroatoms. The van der Waals surface area contributed by atoms with Crippen molar-refractivity contribution in [1.29, 1.82) is 0 Å². The van der Waals surface area contributed by atoms with Gasteiger partial charge < -0.3 is 41.8 Å². The number of methoxy groups -OCH3 is 3. The maximum Gasteiger partial charge on any atom is 1.00 e. The smallest absolute Gasteiger partial charge is 0.496 e. The van der Waals surface area contributed by atoms with E-state index in [1.807, 2.05) is 91.0 Å². The van der Waals surface area contributed by atoms with Crippen molar-refractivity contribution in [3.63, 3.8) is 0 Å². The first-order valence-corrected chi connectivity index (χ1v) is 15.2. The molecular formula is C37H34LiO7P. The zero-order valence-electron chi connectivity index (χ0n) is 26.4. The van der Waals surface area contributed by atoms with Crippen molar-refractivity contribution in [2.75, 3.05) is 21.3 Å². The van der Waals surface area contributed by atoms with Gasteiger partial charge in [0.2, 0.25) is 0 Å². The van der Waals surface area contributed by atoms with Crippen LogP contribution in [0, 0.1) is 0 Å². The van der Waals surface area contributed by atoms with Crippen LogP contribution in [0.3, 0.4) is 0 Å². The zero-order valence-corrected chi connectivity index (χ0v) is 27.3. The third-order valence-corrected chi connectivity index (χ3v) is 7.97. The van der Waals surface area contributed by atoms with Crippen LogP contribution in [-0.2, 0) is 19.8 Å². The summed E-state index contributed by atoms with van der Waals surface area (Å²) in [5.74, 6) is 2.67. The standard InChI is InChI=1S/C37H34O7P.Li/c1-39-29-19-31(40-2)35(32(20-29)41-3)37(38)45-36-33(43-24-27-15-9-5-10-16-27)21-30(42-23-26-13-7-4-8-14-26)22-34(36)44-25-28-17-11-6-12-18-28;/h4-22H,23-25H2,1-3H3;/q-1;+1. The van der Waals surface area contributed by atoms with Gasteiger partial charge >= 0.3 is 18.9 Å². The molecule has 0 fully saturated rings. The third kappa shape index (κ3) is 9.08. The van der Waals surface area contributed by atoms with E-state index in [2.05, 4.69) is 0 Å². The van der Waals surface area contributed by atoms with Crippen LogP contribution in [0.4, 0.5) is 0 Å². The number of rotatable bonds is 15. The van der Waals surface area contributed by atoms with E-state index in [1.54, 1.807) is 31.4 Å². The topological polar surface area (TPSA) is 72.5 Å². The number of benzene rings is 5. The van der Waals surface area contributed by atoms with Crippen molar-refractivity contribution < 1.29 is 52.1 Å². The molecule has 5 aromatic rings. The second-order valence-electron chi connectivity index (χ2n) is 9.91. The minimum Gasteiger partial charge on any atom is -0.496 e. The van der Waals surface area contributed by atoms with Gasteiger partial charge in [0.15, 0.2) is 0 Å². The Hall–Kier alpha value is -4.40. The van der Waals surface area contributed by atoms with Gasteiger partial charge in [-0.1, -0.05) is 91.0 Å². The summed E-state index contributed by atoms with van der Waals surface area (Å²) in [4.78, 5) is 14.1. The molecule has 0 aliphatic heterocycles. The molecule has 230 valence electrons. The summed E-state index contributed by atoms with van der Waals surface area (Å²) >= 11 is 0. The first-order chi connectivity index (χ1) is 22.1. The second kappa shape index (κ2) is 17.3. The predicted octanol–water partition coefficient (Wildman–Crippen LogP) is 4.87. The minimum atomic E-state index is -0.265. The fourth-order valence-electron chi connectivity index (χ4n) is 4.56. The fourth-order valence-corrected chi connectivity index (χ4v) is 5.57. The SMILES string of the molecule is COc1cc(OC)c(C(=O)[P-]c2c(OCc3ccccc3)cc(OCc3ccccc3)cc2OCc2ccccc2)c(OC)c1.[Li+]. The van der Waals surface area contributed by atoms with Gasteiger partial charge in [-0.2, -0.15) is 0 Å². The predicted molar refractivity (Wildman–Crippen MR) is 176 cm³/mol. The molecule has 0 radical (unpaired) electrons. The molecular weight excluding hydrogens is 594 g/mol. The van der Waals surface area contributed by atoms with Gasteiger partial charge in [-0.15, -0.1) is 5.30 Å². The quantitative estimate of drug-likeness (QED) is 0.121. The van der Waals surface area contributed by atoms with Crippen LogP contribution in [0.2, 0.25) is 0 Å². The Morgan fingerprint density at radius 1 is 0.522 bits per heavy atom. The Morgan fingerprint density at radius 2 is 0.913 bits per heavy atom. The number of hydrogen-bond donors (Lipinski definition) is 0. The summed E-state index contributed by atoms with van der Waals surface area (Å²) in [5.41, 5.74) is 3.00. The maximum absolute atomic E-state index is 14.1. The molecule has 0 aliphatic carbocycles. The van der Waals surface area contributed by atoms with Crippen LogP contribution in [0.5, 0.6) is 34.5 Å². The fraction of sp³-hybridized carbons (Fsp3) is 0.162. The molecule has 5 aromatic carbocycles. The first kappa shape index (κ1) is 34.5. The molecule has 0 unspecified atom stereocenters. The summed E-state index contributed by atoms with van der Waals surface area (Å²) < 4.78 is 35.6. The molecule has 0 N–H and O–H groups in total. The summed E-state index contributed by atoms with van der Waals surface area (Å²) in [5, 5.41) is 0.554. The normalized spacial score (nSPS) is 10.6. The minimum absolute atomic E-state index is 0. The number of carbonyl (C=O) groups is 1. The molecule has 0 saturated heterocycles. The maximum atomic E-state index is 14.1. The first-order valence-electron chi connectivity index (χ1n) is 14.3. The van der Waals surface area contributed by atoms with Crippen LogP contribution in [0.25, 0.3) is 0 Å². The van der Waals surface area contributed by atoms with E-state index in [0.29, 0.717) is 55.0 Å². The van der Waals surface area contributed by atoms with Gasteiger partial charge in [0.1, 0.15) is 42.8 Å². The molecule has 0 aromatic heterocycles. The number of carbonyl (C=O) groups excluding carboxylic acids is 1. The Balaban J connectivity index is 0.00000480. The summed E-state index contributed by atoms with van der Waals surface area (Å²) in [6.07, 6.45) is 0. The summed E-state index contributed by atoms with van der Waals surface area (Å²) in [7, 11) is 4.84. The van der Waals surface area contributed by atoms with Gasteiger partial charge in [0.05, 0.1) is 38.4 Å². The number of hydrogen-bond acceptors (Lipinski definition) is 7. The Bertz CT molecular complexity index is 1610. The molecule has 0 amide bonds. The monoisotopic (exact) mass is 628 g/mol.